The highest BCUT2D eigenvalue weighted by Crippen LogP contribution is 2.18. The van der Waals surface area contributed by atoms with Crippen LogP contribution >= 0.6 is 0 Å². The molecule has 2 nitrogen and oxygen atoms in total. The third-order valence-electron chi connectivity index (χ3n) is 2.61. The summed E-state index contributed by atoms with van der Waals surface area (Å²) in [5.74, 6) is 0.962. The fourth-order valence-electron chi connectivity index (χ4n) is 1.23. The quantitative estimate of drug-likeness (QED) is 0.740. The van der Waals surface area contributed by atoms with Crippen LogP contribution in [0, 0.1) is 6.92 Å². The molecule has 84 valence electrons. The average molecular weight is 208 g/mol. The van der Waals surface area contributed by atoms with E-state index in [1.807, 2.05) is 18.2 Å². The smallest absolute Gasteiger partial charge is 0.122 e. The second-order valence-electron chi connectivity index (χ2n) is 4.33. The minimum Gasteiger partial charge on any atom is -0.493 e. The van der Waals surface area contributed by atoms with Crippen molar-refractivity contribution in [2.24, 2.45) is 0 Å². The summed E-state index contributed by atoms with van der Waals surface area (Å²) in [7, 11) is 1.73. The number of hydrogen-bond acceptors (Lipinski definition) is 2. The van der Waals surface area contributed by atoms with E-state index in [1.54, 1.807) is 7.11 Å². The van der Waals surface area contributed by atoms with Crippen LogP contribution in [-0.4, -0.2) is 19.3 Å². The van der Waals surface area contributed by atoms with Crippen LogP contribution in [0.1, 0.15) is 25.8 Å². The van der Waals surface area contributed by atoms with Gasteiger partial charge >= 0.3 is 0 Å². The molecule has 0 aliphatic heterocycles. The van der Waals surface area contributed by atoms with E-state index in [4.69, 9.17) is 9.47 Å². The Morgan fingerprint density at radius 2 is 1.87 bits per heavy atom. The third-order valence-corrected chi connectivity index (χ3v) is 2.61. The predicted molar refractivity (Wildman–Crippen MR) is 62.4 cm³/mol. The van der Waals surface area contributed by atoms with Crippen molar-refractivity contribution in [3.05, 3.63) is 29.8 Å². The van der Waals surface area contributed by atoms with Gasteiger partial charge in [-0.2, -0.15) is 0 Å². The number of ether oxygens (including phenoxy) is 2. The highest BCUT2D eigenvalue weighted by atomic mass is 16.5. The lowest BCUT2D eigenvalue weighted by Gasteiger charge is -2.22. The van der Waals surface area contributed by atoms with Gasteiger partial charge in [0, 0.05) is 13.5 Å². The van der Waals surface area contributed by atoms with Gasteiger partial charge < -0.3 is 9.47 Å². The van der Waals surface area contributed by atoms with Gasteiger partial charge in [0.05, 0.1) is 12.2 Å². The molecule has 0 bridgehead atoms. The Hall–Kier alpha value is -1.02. The first-order valence-electron chi connectivity index (χ1n) is 5.29. The molecule has 0 amide bonds. The first kappa shape index (κ1) is 12.1. The lowest BCUT2D eigenvalue weighted by Crippen LogP contribution is -2.25. The molecule has 0 saturated carbocycles. The largest absolute Gasteiger partial charge is 0.493 e. The molecule has 0 N–H and O–H groups in total. The Morgan fingerprint density at radius 3 is 2.47 bits per heavy atom. The Morgan fingerprint density at radius 1 is 1.20 bits per heavy atom. The van der Waals surface area contributed by atoms with Crippen molar-refractivity contribution in [1.29, 1.82) is 0 Å². The van der Waals surface area contributed by atoms with Crippen molar-refractivity contribution in [3.8, 4) is 5.75 Å². The molecular weight excluding hydrogens is 188 g/mol. The zero-order chi connectivity index (χ0) is 11.3. The van der Waals surface area contributed by atoms with Crippen LogP contribution in [0.25, 0.3) is 0 Å². The van der Waals surface area contributed by atoms with E-state index in [9.17, 15) is 0 Å². The lowest BCUT2D eigenvalue weighted by molar-refractivity contribution is 0.00540. The molecule has 0 unspecified atom stereocenters. The lowest BCUT2D eigenvalue weighted by atomic mass is 10.1. The first-order valence-corrected chi connectivity index (χ1v) is 5.29. The number of aryl methyl sites for hydroxylation is 1. The molecule has 1 rings (SSSR count). The van der Waals surface area contributed by atoms with Crippen LogP contribution in [0.5, 0.6) is 5.75 Å². The third kappa shape index (κ3) is 3.92. The number of para-hydroxylation sites is 1. The molecule has 1 aromatic rings. The van der Waals surface area contributed by atoms with Crippen molar-refractivity contribution in [2.75, 3.05) is 13.7 Å². The normalized spacial score (nSPS) is 11.5. The summed E-state index contributed by atoms with van der Waals surface area (Å²) < 4.78 is 11.0. The molecule has 0 aromatic heterocycles. The van der Waals surface area contributed by atoms with Crippen LogP contribution in [0.4, 0.5) is 0 Å². The Labute approximate surface area is 92.2 Å². The van der Waals surface area contributed by atoms with Crippen molar-refractivity contribution >= 4 is 0 Å². The molecule has 0 aliphatic carbocycles. The summed E-state index contributed by atoms with van der Waals surface area (Å²) in [6.07, 6.45) is 0.887. The van der Waals surface area contributed by atoms with E-state index in [1.165, 1.54) is 5.56 Å². The second-order valence-corrected chi connectivity index (χ2v) is 4.33. The van der Waals surface area contributed by atoms with Crippen LogP contribution in [0.2, 0.25) is 0 Å². The molecule has 0 spiro atoms. The van der Waals surface area contributed by atoms with Gasteiger partial charge in [-0.25, -0.2) is 0 Å². The molecule has 0 radical (unpaired) electrons. The summed E-state index contributed by atoms with van der Waals surface area (Å²) in [5.41, 5.74) is 1.07. The van der Waals surface area contributed by atoms with Crippen LogP contribution in [-0.2, 0) is 4.74 Å². The van der Waals surface area contributed by atoms with E-state index in [0.29, 0.717) is 6.61 Å². The predicted octanol–water partition coefficient (Wildman–Crippen LogP) is 3.19. The van der Waals surface area contributed by atoms with Gasteiger partial charge in [0.1, 0.15) is 5.75 Å². The number of methoxy groups -OCH3 is 1. The van der Waals surface area contributed by atoms with Crippen LogP contribution < -0.4 is 4.74 Å². The fourth-order valence-corrected chi connectivity index (χ4v) is 1.23. The highest BCUT2D eigenvalue weighted by Gasteiger charge is 2.15. The molecule has 0 aliphatic rings. The van der Waals surface area contributed by atoms with Gasteiger partial charge in [0.2, 0.25) is 0 Å². The topological polar surface area (TPSA) is 18.5 Å². The maximum atomic E-state index is 5.69. The number of rotatable bonds is 5. The zero-order valence-electron chi connectivity index (χ0n) is 10.0. The van der Waals surface area contributed by atoms with E-state index in [2.05, 4.69) is 26.8 Å². The molecule has 0 saturated heterocycles. The number of benzene rings is 1. The highest BCUT2D eigenvalue weighted by molar-refractivity contribution is 5.31. The molecule has 2 heteroatoms. The molecule has 1 aromatic carbocycles. The summed E-state index contributed by atoms with van der Waals surface area (Å²) >= 11 is 0. The molecular formula is C13H20O2. The van der Waals surface area contributed by atoms with Gasteiger partial charge in [-0.3, -0.25) is 0 Å². The minimum atomic E-state index is -0.108. The van der Waals surface area contributed by atoms with Gasteiger partial charge in [-0.05, 0) is 32.4 Å². The first-order chi connectivity index (χ1) is 7.05. The average Bonchev–Trinajstić information content (AvgIpc) is 2.21. The van der Waals surface area contributed by atoms with Crippen molar-refractivity contribution in [2.45, 2.75) is 32.8 Å². The van der Waals surface area contributed by atoms with Crippen molar-refractivity contribution in [1.82, 2.24) is 0 Å². The van der Waals surface area contributed by atoms with E-state index < -0.39 is 0 Å². The maximum Gasteiger partial charge on any atom is 0.122 e. The minimum absolute atomic E-state index is 0.108. The summed E-state index contributed by atoms with van der Waals surface area (Å²) in [6, 6.07) is 8.05. The van der Waals surface area contributed by atoms with Gasteiger partial charge in [0.15, 0.2) is 0 Å². The number of hydrogen-bond donors (Lipinski definition) is 0. The second kappa shape index (κ2) is 5.17. The summed E-state index contributed by atoms with van der Waals surface area (Å²) in [5, 5.41) is 0. The monoisotopic (exact) mass is 208 g/mol. The van der Waals surface area contributed by atoms with Gasteiger partial charge in [-0.1, -0.05) is 18.2 Å². The molecule has 0 fully saturated rings. The van der Waals surface area contributed by atoms with Crippen molar-refractivity contribution in [3.63, 3.8) is 0 Å². The molecule has 15 heavy (non-hydrogen) atoms. The summed E-state index contributed by atoms with van der Waals surface area (Å²) in [6.45, 7) is 6.87. The summed E-state index contributed by atoms with van der Waals surface area (Å²) in [4.78, 5) is 0. The maximum absolute atomic E-state index is 5.69. The fraction of sp³-hybridized carbons (Fsp3) is 0.538. The Balaban J connectivity index is 2.42. The molecule has 0 atom stereocenters. The van der Waals surface area contributed by atoms with E-state index in [-0.39, 0.29) is 5.60 Å². The zero-order valence-corrected chi connectivity index (χ0v) is 10.0. The standard InChI is InChI=1S/C13H20O2/c1-11-7-5-6-8-12(11)15-10-9-13(2,3)14-4/h5-8H,9-10H2,1-4H3. The van der Waals surface area contributed by atoms with Gasteiger partial charge in [-0.15, -0.1) is 0 Å². The van der Waals surface area contributed by atoms with E-state index in [0.717, 1.165) is 12.2 Å². The van der Waals surface area contributed by atoms with Crippen LogP contribution in [0.15, 0.2) is 24.3 Å². The molecule has 0 heterocycles. The van der Waals surface area contributed by atoms with Crippen LogP contribution in [0.3, 0.4) is 0 Å². The van der Waals surface area contributed by atoms with Crippen molar-refractivity contribution < 1.29 is 9.47 Å². The SMILES string of the molecule is COC(C)(C)CCOc1ccccc1C. The van der Waals surface area contributed by atoms with Gasteiger partial charge in [0.25, 0.3) is 0 Å². The Bertz CT molecular complexity index is 305. The van der Waals surface area contributed by atoms with E-state index >= 15 is 0 Å². The Kier molecular flexibility index (Phi) is 4.15.